The molecule has 0 radical (unpaired) electrons. The summed E-state index contributed by atoms with van der Waals surface area (Å²) in [5.41, 5.74) is -0.657. The molecule has 1 atom stereocenters. The highest BCUT2D eigenvalue weighted by Gasteiger charge is 2.27. The Morgan fingerprint density at radius 2 is 1.48 bits per heavy atom. The van der Waals surface area contributed by atoms with Crippen molar-refractivity contribution in [2.75, 3.05) is 0 Å². The summed E-state index contributed by atoms with van der Waals surface area (Å²) < 4.78 is 66.4. The molecule has 1 N–H and O–H groups in total. The Kier molecular flexibility index (Phi) is 5.90. The number of carbonyl (C=O) groups excluding carboxylic acids is 1. The molecule has 2 rings (SSSR count). The SMILES string of the molecule is CC(NC(=O)Cc1c(F)c(F)c(F)c(F)c1F)c1ccc(Cl)c(Cl)c1. The molecule has 0 bridgehead atoms. The van der Waals surface area contributed by atoms with E-state index in [-0.39, 0.29) is 5.02 Å². The van der Waals surface area contributed by atoms with E-state index in [4.69, 9.17) is 23.2 Å². The molecule has 0 aliphatic heterocycles. The lowest BCUT2D eigenvalue weighted by Gasteiger charge is -2.15. The summed E-state index contributed by atoms with van der Waals surface area (Å²) in [6.07, 6.45) is -1.02. The largest absolute Gasteiger partial charge is 0.349 e. The summed E-state index contributed by atoms with van der Waals surface area (Å²) in [5, 5.41) is 2.92. The average molecular weight is 398 g/mol. The summed E-state index contributed by atoms with van der Waals surface area (Å²) in [6, 6.07) is 3.90. The molecule has 0 aliphatic carbocycles. The van der Waals surface area contributed by atoms with E-state index in [0.717, 1.165) is 0 Å². The van der Waals surface area contributed by atoms with Gasteiger partial charge in [0.2, 0.25) is 11.7 Å². The third-order valence-electron chi connectivity index (χ3n) is 3.46. The van der Waals surface area contributed by atoms with E-state index in [1.807, 2.05) is 0 Å². The van der Waals surface area contributed by atoms with Gasteiger partial charge in [-0.2, -0.15) is 0 Å². The van der Waals surface area contributed by atoms with Crippen molar-refractivity contribution in [2.45, 2.75) is 19.4 Å². The second kappa shape index (κ2) is 7.58. The molecule has 2 aromatic rings. The predicted molar refractivity (Wildman–Crippen MR) is 83.0 cm³/mol. The topological polar surface area (TPSA) is 29.1 Å². The van der Waals surface area contributed by atoms with Crippen LogP contribution in [0.4, 0.5) is 22.0 Å². The highest BCUT2D eigenvalue weighted by atomic mass is 35.5. The van der Waals surface area contributed by atoms with Crippen LogP contribution in [0.3, 0.4) is 0 Å². The van der Waals surface area contributed by atoms with E-state index in [0.29, 0.717) is 10.6 Å². The number of carbonyl (C=O) groups is 1. The zero-order chi connectivity index (χ0) is 18.9. The van der Waals surface area contributed by atoms with Gasteiger partial charge in [0.05, 0.1) is 22.5 Å². The maximum atomic E-state index is 13.6. The Morgan fingerprint density at radius 3 is 2.00 bits per heavy atom. The van der Waals surface area contributed by atoms with Crippen molar-refractivity contribution in [2.24, 2.45) is 0 Å². The molecule has 1 unspecified atom stereocenters. The molecule has 134 valence electrons. The highest BCUT2D eigenvalue weighted by molar-refractivity contribution is 6.42. The summed E-state index contributed by atoms with van der Waals surface area (Å²) in [5.74, 6) is -11.5. The predicted octanol–water partition coefficient (Wildman–Crippen LogP) is 5.11. The Balaban J connectivity index is 2.19. The lowest BCUT2D eigenvalue weighted by atomic mass is 10.1. The first-order valence-corrected chi connectivity index (χ1v) is 7.63. The lowest BCUT2D eigenvalue weighted by Crippen LogP contribution is -2.29. The fraction of sp³-hybridized carbons (Fsp3) is 0.188. The van der Waals surface area contributed by atoms with Gasteiger partial charge in [-0.15, -0.1) is 0 Å². The molecule has 2 aromatic carbocycles. The molecule has 1 amide bonds. The number of hydrogen-bond donors (Lipinski definition) is 1. The monoisotopic (exact) mass is 397 g/mol. The van der Waals surface area contributed by atoms with E-state index in [2.05, 4.69) is 5.32 Å². The maximum absolute atomic E-state index is 13.6. The first kappa shape index (κ1) is 19.5. The Hall–Kier alpha value is -1.86. The van der Waals surface area contributed by atoms with Gasteiger partial charge >= 0.3 is 0 Å². The third-order valence-corrected chi connectivity index (χ3v) is 4.20. The zero-order valence-corrected chi connectivity index (χ0v) is 14.1. The van der Waals surface area contributed by atoms with Crippen molar-refractivity contribution in [3.8, 4) is 0 Å². The quantitative estimate of drug-likeness (QED) is 0.433. The first-order chi connectivity index (χ1) is 11.6. The van der Waals surface area contributed by atoms with Crippen LogP contribution in [0.1, 0.15) is 24.1 Å². The second-order valence-corrected chi connectivity index (χ2v) is 6.00. The van der Waals surface area contributed by atoms with Crippen LogP contribution in [0.25, 0.3) is 0 Å². The number of nitrogens with one attached hydrogen (secondary N) is 1. The normalized spacial score (nSPS) is 12.2. The zero-order valence-electron chi connectivity index (χ0n) is 12.6. The van der Waals surface area contributed by atoms with Crippen LogP contribution in [0.2, 0.25) is 10.0 Å². The molecule has 0 saturated carbocycles. The second-order valence-electron chi connectivity index (χ2n) is 5.19. The minimum Gasteiger partial charge on any atom is -0.349 e. The van der Waals surface area contributed by atoms with E-state index in [9.17, 15) is 26.7 Å². The fourth-order valence-corrected chi connectivity index (χ4v) is 2.43. The van der Waals surface area contributed by atoms with Crippen LogP contribution in [-0.4, -0.2) is 5.91 Å². The van der Waals surface area contributed by atoms with Crippen LogP contribution in [0.5, 0.6) is 0 Å². The number of benzene rings is 2. The Bertz CT molecular complexity index is 815. The highest BCUT2D eigenvalue weighted by Crippen LogP contribution is 2.26. The summed E-state index contributed by atoms with van der Waals surface area (Å²) >= 11 is 11.6. The van der Waals surface area contributed by atoms with E-state index >= 15 is 0 Å². The summed E-state index contributed by atoms with van der Waals surface area (Å²) in [6.45, 7) is 1.55. The number of amides is 1. The smallest absolute Gasteiger partial charge is 0.225 e. The van der Waals surface area contributed by atoms with Gasteiger partial charge in [-0.05, 0) is 24.6 Å². The molecule has 25 heavy (non-hydrogen) atoms. The van der Waals surface area contributed by atoms with Gasteiger partial charge in [-0.3, -0.25) is 4.79 Å². The van der Waals surface area contributed by atoms with E-state index < -0.39 is 53.0 Å². The minimum atomic E-state index is -2.27. The van der Waals surface area contributed by atoms with Crippen molar-refractivity contribution >= 4 is 29.1 Å². The molecule has 0 heterocycles. The van der Waals surface area contributed by atoms with Gasteiger partial charge in [0.25, 0.3) is 0 Å². The van der Waals surface area contributed by atoms with Gasteiger partial charge in [0.15, 0.2) is 23.3 Å². The van der Waals surface area contributed by atoms with Crippen LogP contribution >= 0.6 is 23.2 Å². The average Bonchev–Trinajstić information content (AvgIpc) is 2.57. The van der Waals surface area contributed by atoms with Gasteiger partial charge in [-0.25, -0.2) is 22.0 Å². The van der Waals surface area contributed by atoms with Crippen molar-refractivity contribution in [1.29, 1.82) is 0 Å². The van der Waals surface area contributed by atoms with Crippen molar-refractivity contribution in [3.63, 3.8) is 0 Å². The van der Waals surface area contributed by atoms with Crippen molar-refractivity contribution in [1.82, 2.24) is 5.32 Å². The van der Waals surface area contributed by atoms with Crippen LogP contribution in [0.15, 0.2) is 18.2 Å². The molecule has 2 nitrogen and oxygen atoms in total. The third kappa shape index (κ3) is 4.04. The molecule has 0 aromatic heterocycles. The maximum Gasteiger partial charge on any atom is 0.225 e. The van der Waals surface area contributed by atoms with E-state index in [1.165, 1.54) is 12.1 Å². The summed E-state index contributed by atoms with van der Waals surface area (Å²) in [7, 11) is 0. The summed E-state index contributed by atoms with van der Waals surface area (Å²) in [4.78, 5) is 11.9. The standard InChI is InChI=1S/C16H10Cl2F5NO/c1-6(7-2-3-9(17)10(18)4-7)24-11(25)5-8-12(19)14(21)16(23)15(22)13(8)20/h2-4,6H,5H2,1H3,(H,24,25). The number of hydrogen-bond acceptors (Lipinski definition) is 1. The van der Waals surface area contributed by atoms with Crippen LogP contribution in [-0.2, 0) is 11.2 Å². The van der Waals surface area contributed by atoms with Crippen LogP contribution < -0.4 is 5.32 Å². The van der Waals surface area contributed by atoms with Gasteiger partial charge < -0.3 is 5.32 Å². The van der Waals surface area contributed by atoms with Crippen molar-refractivity contribution < 1.29 is 26.7 Å². The molecule has 9 heteroatoms. The number of halogens is 7. The molecule has 0 fully saturated rings. The first-order valence-electron chi connectivity index (χ1n) is 6.88. The van der Waals surface area contributed by atoms with Crippen molar-refractivity contribution in [3.05, 3.63) is 68.5 Å². The van der Waals surface area contributed by atoms with Gasteiger partial charge in [0, 0.05) is 5.56 Å². The molecule has 0 saturated heterocycles. The fourth-order valence-electron chi connectivity index (χ4n) is 2.12. The molecular weight excluding hydrogens is 388 g/mol. The van der Waals surface area contributed by atoms with E-state index in [1.54, 1.807) is 13.0 Å². The lowest BCUT2D eigenvalue weighted by molar-refractivity contribution is -0.121. The number of rotatable bonds is 4. The molecular formula is C16H10Cl2F5NO. The Labute approximate surface area is 149 Å². The van der Waals surface area contributed by atoms with Gasteiger partial charge in [0.1, 0.15) is 0 Å². The molecule has 0 spiro atoms. The van der Waals surface area contributed by atoms with Crippen LogP contribution in [0, 0.1) is 29.1 Å². The minimum absolute atomic E-state index is 0.236. The molecule has 0 aliphatic rings. The Morgan fingerprint density at radius 1 is 0.960 bits per heavy atom. The van der Waals surface area contributed by atoms with Gasteiger partial charge in [-0.1, -0.05) is 29.3 Å².